The molecule has 2 rings (SSSR count). The molecule has 0 bridgehead atoms. The Morgan fingerprint density at radius 2 is 1.76 bits per heavy atom. The lowest BCUT2D eigenvalue weighted by molar-refractivity contribution is -0.141. The predicted octanol–water partition coefficient (Wildman–Crippen LogP) is 0.0785. The van der Waals surface area contributed by atoms with Gasteiger partial charge in [-0.1, -0.05) is 0 Å². The standard InChI is InChI=1S/C11H19N3O3/c12-8-3-6-13(7-4-8)11(17)14-5-1-2-9(14)10(15)16/h8-9H,1-7,12H2,(H,15,16)/t9-/m1/s1. The van der Waals surface area contributed by atoms with Crippen molar-refractivity contribution in [2.75, 3.05) is 19.6 Å². The number of piperidine rings is 1. The minimum atomic E-state index is -0.899. The fourth-order valence-electron chi connectivity index (χ4n) is 2.52. The Labute approximate surface area is 100 Å². The van der Waals surface area contributed by atoms with Crippen LogP contribution in [0, 0.1) is 0 Å². The third kappa shape index (κ3) is 2.52. The summed E-state index contributed by atoms with van der Waals surface area (Å²) in [4.78, 5) is 26.4. The second-order valence-corrected chi connectivity index (χ2v) is 4.80. The number of amides is 2. The van der Waals surface area contributed by atoms with Crippen molar-refractivity contribution in [3.8, 4) is 0 Å². The number of hydrogen-bond acceptors (Lipinski definition) is 3. The number of aliphatic carboxylic acids is 1. The highest BCUT2D eigenvalue weighted by molar-refractivity contribution is 5.83. The monoisotopic (exact) mass is 241 g/mol. The van der Waals surface area contributed by atoms with E-state index in [1.807, 2.05) is 0 Å². The van der Waals surface area contributed by atoms with E-state index in [1.165, 1.54) is 4.90 Å². The fourth-order valence-corrected chi connectivity index (χ4v) is 2.52. The van der Waals surface area contributed by atoms with E-state index in [4.69, 9.17) is 10.8 Å². The number of urea groups is 1. The molecule has 0 radical (unpaired) electrons. The van der Waals surface area contributed by atoms with Crippen LogP contribution in [0.1, 0.15) is 25.7 Å². The van der Waals surface area contributed by atoms with Gasteiger partial charge in [0.2, 0.25) is 0 Å². The second kappa shape index (κ2) is 4.91. The minimum absolute atomic E-state index is 0.137. The van der Waals surface area contributed by atoms with Gasteiger partial charge in [-0.25, -0.2) is 9.59 Å². The Kier molecular flexibility index (Phi) is 3.51. The average molecular weight is 241 g/mol. The molecule has 0 aromatic carbocycles. The zero-order valence-electron chi connectivity index (χ0n) is 9.84. The molecule has 0 aliphatic carbocycles. The predicted molar refractivity (Wildman–Crippen MR) is 61.5 cm³/mol. The van der Waals surface area contributed by atoms with E-state index in [1.54, 1.807) is 4.90 Å². The molecule has 2 fully saturated rings. The van der Waals surface area contributed by atoms with Gasteiger partial charge < -0.3 is 20.6 Å². The van der Waals surface area contributed by atoms with Gasteiger partial charge in [-0.15, -0.1) is 0 Å². The van der Waals surface area contributed by atoms with Crippen LogP contribution in [0.3, 0.4) is 0 Å². The summed E-state index contributed by atoms with van der Waals surface area (Å²) in [6.07, 6.45) is 2.94. The maximum absolute atomic E-state index is 12.2. The van der Waals surface area contributed by atoms with E-state index in [2.05, 4.69) is 0 Å². The van der Waals surface area contributed by atoms with Crippen molar-refractivity contribution in [2.24, 2.45) is 5.73 Å². The van der Waals surface area contributed by atoms with Crippen molar-refractivity contribution in [2.45, 2.75) is 37.8 Å². The highest BCUT2D eigenvalue weighted by Crippen LogP contribution is 2.21. The summed E-state index contributed by atoms with van der Waals surface area (Å²) in [6, 6.07) is -0.604. The van der Waals surface area contributed by atoms with E-state index in [0.717, 1.165) is 19.3 Å². The molecular weight excluding hydrogens is 222 g/mol. The molecule has 6 heteroatoms. The normalized spacial score (nSPS) is 26.3. The van der Waals surface area contributed by atoms with Gasteiger partial charge in [-0.3, -0.25) is 0 Å². The summed E-state index contributed by atoms with van der Waals surface area (Å²) in [6.45, 7) is 1.84. The van der Waals surface area contributed by atoms with E-state index in [9.17, 15) is 9.59 Å². The Balaban J connectivity index is 1.97. The van der Waals surface area contributed by atoms with Crippen LogP contribution < -0.4 is 5.73 Å². The van der Waals surface area contributed by atoms with E-state index < -0.39 is 12.0 Å². The van der Waals surface area contributed by atoms with Crippen molar-refractivity contribution in [3.05, 3.63) is 0 Å². The van der Waals surface area contributed by atoms with Crippen LogP contribution in [-0.4, -0.2) is 58.6 Å². The second-order valence-electron chi connectivity index (χ2n) is 4.80. The largest absolute Gasteiger partial charge is 0.480 e. The zero-order chi connectivity index (χ0) is 12.4. The lowest BCUT2D eigenvalue weighted by Gasteiger charge is -2.34. The van der Waals surface area contributed by atoms with E-state index >= 15 is 0 Å². The first-order valence-corrected chi connectivity index (χ1v) is 6.13. The molecule has 2 heterocycles. The lowest BCUT2D eigenvalue weighted by Crippen LogP contribution is -2.51. The number of likely N-dealkylation sites (tertiary alicyclic amines) is 2. The topological polar surface area (TPSA) is 86.9 Å². The number of nitrogens with zero attached hydrogens (tertiary/aromatic N) is 2. The zero-order valence-corrected chi connectivity index (χ0v) is 9.84. The minimum Gasteiger partial charge on any atom is -0.480 e. The third-order valence-electron chi connectivity index (χ3n) is 3.59. The van der Waals surface area contributed by atoms with Crippen LogP contribution >= 0.6 is 0 Å². The summed E-state index contributed by atoms with van der Waals surface area (Å²) < 4.78 is 0. The molecule has 3 N–H and O–H groups in total. The molecular formula is C11H19N3O3. The lowest BCUT2D eigenvalue weighted by atomic mass is 10.1. The molecule has 6 nitrogen and oxygen atoms in total. The molecule has 0 aromatic heterocycles. The van der Waals surface area contributed by atoms with Crippen molar-refractivity contribution in [1.82, 2.24) is 9.80 Å². The highest BCUT2D eigenvalue weighted by Gasteiger charge is 2.36. The Morgan fingerprint density at radius 1 is 1.12 bits per heavy atom. The van der Waals surface area contributed by atoms with Crippen LogP contribution in [0.2, 0.25) is 0 Å². The van der Waals surface area contributed by atoms with Gasteiger partial charge in [0.15, 0.2) is 0 Å². The van der Waals surface area contributed by atoms with E-state index in [-0.39, 0.29) is 12.1 Å². The molecule has 2 amide bonds. The number of carboxylic acid groups (broad SMARTS) is 1. The summed E-state index contributed by atoms with van der Waals surface area (Å²) in [5, 5.41) is 9.04. The first kappa shape index (κ1) is 12.2. The van der Waals surface area contributed by atoms with Crippen molar-refractivity contribution in [3.63, 3.8) is 0 Å². The van der Waals surface area contributed by atoms with Gasteiger partial charge in [0, 0.05) is 25.7 Å². The van der Waals surface area contributed by atoms with Gasteiger partial charge in [-0.2, -0.15) is 0 Å². The molecule has 2 saturated heterocycles. The summed E-state index contributed by atoms with van der Waals surface area (Å²) in [7, 11) is 0. The van der Waals surface area contributed by atoms with Crippen LogP contribution in [0.25, 0.3) is 0 Å². The number of rotatable bonds is 1. The molecule has 17 heavy (non-hydrogen) atoms. The van der Waals surface area contributed by atoms with Crippen LogP contribution in [-0.2, 0) is 4.79 Å². The molecule has 96 valence electrons. The molecule has 0 saturated carbocycles. The Bertz CT molecular complexity index is 313. The van der Waals surface area contributed by atoms with Gasteiger partial charge in [0.1, 0.15) is 6.04 Å². The van der Waals surface area contributed by atoms with Crippen LogP contribution in [0.15, 0.2) is 0 Å². The molecule has 2 aliphatic heterocycles. The molecule has 1 atom stereocenters. The number of nitrogens with two attached hydrogens (primary N) is 1. The number of carboxylic acids is 1. The average Bonchev–Trinajstić information content (AvgIpc) is 2.78. The maximum atomic E-state index is 12.2. The highest BCUT2D eigenvalue weighted by atomic mass is 16.4. The quantitative estimate of drug-likeness (QED) is 0.680. The van der Waals surface area contributed by atoms with Crippen molar-refractivity contribution in [1.29, 1.82) is 0 Å². The summed E-state index contributed by atoms with van der Waals surface area (Å²) >= 11 is 0. The first-order valence-electron chi connectivity index (χ1n) is 6.13. The van der Waals surface area contributed by atoms with Crippen molar-refractivity contribution < 1.29 is 14.7 Å². The first-order chi connectivity index (χ1) is 8.09. The third-order valence-corrected chi connectivity index (χ3v) is 3.59. The SMILES string of the molecule is NC1CCN(C(=O)N2CCC[C@@H]2C(=O)O)CC1. The van der Waals surface area contributed by atoms with Gasteiger partial charge in [0.05, 0.1) is 0 Å². The molecule has 0 unspecified atom stereocenters. The Hall–Kier alpha value is -1.30. The van der Waals surface area contributed by atoms with Crippen molar-refractivity contribution >= 4 is 12.0 Å². The smallest absolute Gasteiger partial charge is 0.326 e. The number of hydrogen-bond donors (Lipinski definition) is 2. The number of carbonyl (C=O) groups excluding carboxylic acids is 1. The van der Waals surface area contributed by atoms with Gasteiger partial charge in [-0.05, 0) is 25.7 Å². The van der Waals surface area contributed by atoms with Gasteiger partial charge in [0.25, 0.3) is 0 Å². The number of carbonyl (C=O) groups is 2. The molecule has 2 aliphatic rings. The fraction of sp³-hybridized carbons (Fsp3) is 0.818. The molecule has 0 spiro atoms. The molecule has 0 aromatic rings. The maximum Gasteiger partial charge on any atom is 0.326 e. The van der Waals surface area contributed by atoms with Crippen LogP contribution in [0.5, 0.6) is 0 Å². The van der Waals surface area contributed by atoms with E-state index in [0.29, 0.717) is 26.1 Å². The van der Waals surface area contributed by atoms with Crippen LogP contribution in [0.4, 0.5) is 4.79 Å². The summed E-state index contributed by atoms with van der Waals surface area (Å²) in [5.41, 5.74) is 5.78. The van der Waals surface area contributed by atoms with Gasteiger partial charge >= 0.3 is 12.0 Å². The summed E-state index contributed by atoms with van der Waals surface area (Å²) in [5.74, 6) is -0.899. The Morgan fingerprint density at radius 3 is 2.35 bits per heavy atom.